The van der Waals surface area contributed by atoms with Crippen molar-refractivity contribution in [3.63, 3.8) is 0 Å². The van der Waals surface area contributed by atoms with Crippen LogP contribution in [0.4, 0.5) is 5.69 Å². The van der Waals surface area contributed by atoms with Gasteiger partial charge in [0.2, 0.25) is 0 Å². The number of carboxylic acids is 1. The van der Waals surface area contributed by atoms with Gasteiger partial charge in [0.25, 0.3) is 17.7 Å². The van der Waals surface area contributed by atoms with E-state index in [2.05, 4.69) is 5.43 Å². The smallest absolute Gasteiger partial charge is 0.286 e. The van der Waals surface area contributed by atoms with Crippen molar-refractivity contribution in [1.82, 2.24) is 10.4 Å². The van der Waals surface area contributed by atoms with E-state index < -0.39 is 30.2 Å². The summed E-state index contributed by atoms with van der Waals surface area (Å²) in [7, 11) is 1.41. The SMILES string of the molecule is COc1ccccc1C(=O)NN1C(=O)C(=C2C(=O)N(CC(=O)[O-])c3ccccc32)SC1=S. The van der Waals surface area contributed by atoms with Gasteiger partial charge in [-0.25, -0.2) is 0 Å². The Kier molecular flexibility index (Phi) is 5.68. The van der Waals surface area contributed by atoms with E-state index in [4.69, 9.17) is 17.0 Å². The van der Waals surface area contributed by atoms with Gasteiger partial charge in [-0.3, -0.25) is 19.8 Å². The Morgan fingerprint density at radius 3 is 2.50 bits per heavy atom. The Labute approximate surface area is 191 Å². The molecule has 2 heterocycles. The van der Waals surface area contributed by atoms with Crippen molar-refractivity contribution in [3.8, 4) is 5.75 Å². The molecule has 0 bridgehead atoms. The average molecular weight is 468 g/mol. The molecule has 2 aliphatic heterocycles. The quantitative estimate of drug-likeness (QED) is 0.503. The van der Waals surface area contributed by atoms with Crippen molar-refractivity contribution in [1.29, 1.82) is 0 Å². The zero-order valence-electron chi connectivity index (χ0n) is 16.5. The number of methoxy groups -OCH3 is 1. The van der Waals surface area contributed by atoms with Gasteiger partial charge in [0.05, 0.1) is 41.4 Å². The van der Waals surface area contributed by atoms with E-state index in [1.807, 2.05) is 0 Å². The van der Waals surface area contributed by atoms with Gasteiger partial charge in [-0.2, -0.15) is 5.01 Å². The number of hydrogen-bond donors (Lipinski definition) is 1. The number of hydrazine groups is 1. The minimum atomic E-state index is -1.44. The summed E-state index contributed by atoms with van der Waals surface area (Å²) in [6, 6.07) is 13.0. The Bertz CT molecular complexity index is 1230. The molecule has 3 amide bonds. The molecular formula is C21H14N3O6S2-. The molecule has 1 saturated heterocycles. The number of aliphatic carboxylic acids is 1. The maximum Gasteiger partial charge on any atom is 0.286 e. The highest BCUT2D eigenvalue weighted by Crippen LogP contribution is 2.44. The third kappa shape index (κ3) is 3.61. The summed E-state index contributed by atoms with van der Waals surface area (Å²) < 4.78 is 5.19. The number of thiocarbonyl (C=S) groups is 1. The first-order chi connectivity index (χ1) is 15.3. The summed E-state index contributed by atoms with van der Waals surface area (Å²) >= 11 is 6.10. The molecule has 0 radical (unpaired) electrons. The third-order valence-corrected chi connectivity index (χ3v) is 6.14. The lowest BCUT2D eigenvalue weighted by Crippen LogP contribution is -2.45. The Hall–Kier alpha value is -3.70. The van der Waals surface area contributed by atoms with Gasteiger partial charge >= 0.3 is 0 Å². The lowest BCUT2D eigenvalue weighted by Gasteiger charge is -2.17. The van der Waals surface area contributed by atoms with Crippen LogP contribution in [0.15, 0.2) is 53.4 Å². The second-order valence-electron chi connectivity index (χ2n) is 6.63. The van der Waals surface area contributed by atoms with Gasteiger partial charge in [0.15, 0.2) is 4.32 Å². The molecule has 11 heteroatoms. The van der Waals surface area contributed by atoms with Gasteiger partial charge in [0, 0.05) is 5.56 Å². The van der Waals surface area contributed by atoms with Crippen molar-refractivity contribution in [2.75, 3.05) is 18.6 Å². The van der Waals surface area contributed by atoms with Crippen LogP contribution in [0.5, 0.6) is 5.75 Å². The van der Waals surface area contributed by atoms with Crippen molar-refractivity contribution in [3.05, 3.63) is 64.6 Å². The van der Waals surface area contributed by atoms with Gasteiger partial charge in [-0.1, -0.05) is 42.1 Å². The number of rotatable bonds is 5. The monoisotopic (exact) mass is 468 g/mol. The summed E-state index contributed by atoms with van der Waals surface area (Å²) in [4.78, 5) is 51.0. The number of carbonyl (C=O) groups is 4. The molecule has 162 valence electrons. The minimum Gasteiger partial charge on any atom is -0.548 e. The zero-order valence-corrected chi connectivity index (χ0v) is 18.1. The lowest BCUT2D eigenvalue weighted by molar-refractivity contribution is -0.303. The zero-order chi connectivity index (χ0) is 23.0. The summed E-state index contributed by atoms with van der Waals surface area (Å²) in [6.07, 6.45) is 0. The number of nitrogens with zero attached hydrogens (tertiary/aromatic N) is 2. The number of thioether (sulfide) groups is 1. The molecule has 9 nitrogen and oxygen atoms in total. The summed E-state index contributed by atoms with van der Waals surface area (Å²) in [5.74, 6) is -3.11. The molecule has 2 aromatic carbocycles. The second kappa shape index (κ2) is 8.44. The lowest BCUT2D eigenvalue weighted by atomic mass is 10.1. The molecular weight excluding hydrogens is 454 g/mol. The number of anilines is 1. The summed E-state index contributed by atoms with van der Waals surface area (Å²) in [6.45, 7) is -0.663. The van der Waals surface area contributed by atoms with E-state index in [0.717, 1.165) is 21.7 Å². The summed E-state index contributed by atoms with van der Waals surface area (Å²) in [5.41, 5.74) is 3.41. The Balaban J connectivity index is 1.69. The van der Waals surface area contributed by atoms with Gasteiger partial charge in [-0.05, 0) is 30.4 Å². The van der Waals surface area contributed by atoms with Crippen LogP contribution in [0, 0.1) is 0 Å². The highest BCUT2D eigenvalue weighted by Gasteiger charge is 2.42. The van der Waals surface area contributed by atoms with Crippen LogP contribution in [0.3, 0.4) is 0 Å². The largest absolute Gasteiger partial charge is 0.548 e. The molecule has 0 saturated carbocycles. The third-order valence-electron chi connectivity index (χ3n) is 4.77. The van der Waals surface area contributed by atoms with Crippen molar-refractivity contribution < 1.29 is 29.0 Å². The van der Waals surface area contributed by atoms with E-state index in [1.54, 1.807) is 42.5 Å². The maximum absolute atomic E-state index is 13.1. The standard InChI is InChI=1S/C21H15N3O6S2/c1-30-14-9-5-3-7-12(14)18(27)22-24-20(29)17(32-21(24)31)16-11-6-2-4-8-13(11)23(19(16)28)10-15(25)26/h2-9H,10H2,1H3,(H,22,27)(H,25,26)/p-1. The average Bonchev–Trinajstić information content (AvgIpc) is 3.21. The number of para-hydroxylation sites is 2. The normalized spacial score (nSPS) is 17.6. The Morgan fingerprint density at radius 2 is 1.78 bits per heavy atom. The first-order valence-electron chi connectivity index (χ1n) is 9.19. The molecule has 1 N–H and O–H groups in total. The first-order valence-corrected chi connectivity index (χ1v) is 10.4. The number of benzene rings is 2. The topological polar surface area (TPSA) is 119 Å². The predicted molar refractivity (Wildman–Crippen MR) is 118 cm³/mol. The highest BCUT2D eigenvalue weighted by atomic mass is 32.2. The molecule has 2 aliphatic rings. The molecule has 0 spiro atoms. The van der Waals surface area contributed by atoms with Crippen molar-refractivity contribution in [2.45, 2.75) is 0 Å². The molecule has 0 unspecified atom stereocenters. The fourth-order valence-electron chi connectivity index (χ4n) is 3.39. The number of fused-ring (bicyclic) bond motifs is 1. The Morgan fingerprint density at radius 1 is 1.09 bits per heavy atom. The van der Waals surface area contributed by atoms with Gasteiger partial charge < -0.3 is 19.5 Å². The van der Waals surface area contributed by atoms with Crippen LogP contribution >= 0.6 is 24.0 Å². The fraction of sp³-hybridized carbons (Fsp3) is 0.0952. The van der Waals surface area contributed by atoms with Gasteiger partial charge in [-0.15, -0.1) is 0 Å². The molecule has 32 heavy (non-hydrogen) atoms. The van der Waals surface area contributed by atoms with Crippen LogP contribution in [0.1, 0.15) is 15.9 Å². The van der Waals surface area contributed by atoms with Crippen LogP contribution in [-0.4, -0.2) is 46.7 Å². The number of carboxylic acid groups (broad SMARTS) is 1. The molecule has 4 rings (SSSR count). The molecule has 0 atom stereocenters. The van der Waals surface area contributed by atoms with Crippen LogP contribution < -0.4 is 20.2 Å². The van der Waals surface area contributed by atoms with E-state index in [0.29, 0.717) is 17.0 Å². The van der Waals surface area contributed by atoms with E-state index in [1.165, 1.54) is 13.2 Å². The van der Waals surface area contributed by atoms with E-state index in [-0.39, 0.29) is 20.4 Å². The molecule has 1 fully saturated rings. The maximum atomic E-state index is 13.1. The summed E-state index contributed by atoms with van der Waals surface area (Å²) in [5, 5.41) is 12.0. The van der Waals surface area contributed by atoms with Crippen LogP contribution in [-0.2, 0) is 14.4 Å². The number of hydrogen-bond acceptors (Lipinski definition) is 8. The minimum absolute atomic E-state index is 0.00590. The number of carbonyl (C=O) groups excluding carboxylic acids is 4. The number of ether oxygens (including phenoxy) is 1. The highest BCUT2D eigenvalue weighted by molar-refractivity contribution is 8.26. The molecule has 0 aromatic heterocycles. The van der Waals surface area contributed by atoms with E-state index >= 15 is 0 Å². The molecule has 0 aliphatic carbocycles. The van der Waals surface area contributed by atoms with Crippen molar-refractivity contribution >= 4 is 63.3 Å². The van der Waals surface area contributed by atoms with E-state index in [9.17, 15) is 24.3 Å². The number of nitrogens with one attached hydrogen (secondary N) is 1. The van der Waals surface area contributed by atoms with Crippen LogP contribution in [0.25, 0.3) is 5.57 Å². The van der Waals surface area contributed by atoms with Crippen LogP contribution in [0.2, 0.25) is 0 Å². The molecule has 2 aromatic rings. The first kappa shape index (κ1) is 21.5. The number of amides is 3. The fourth-order valence-corrected chi connectivity index (χ4v) is 4.65. The predicted octanol–water partition coefficient (Wildman–Crippen LogP) is 0.708. The van der Waals surface area contributed by atoms with Gasteiger partial charge in [0.1, 0.15) is 5.75 Å². The second-order valence-corrected chi connectivity index (χ2v) is 8.28. The van der Waals surface area contributed by atoms with Crippen molar-refractivity contribution in [2.24, 2.45) is 0 Å².